The van der Waals surface area contributed by atoms with E-state index in [1.807, 2.05) is 7.05 Å². The molecule has 2 aliphatic rings. The molecule has 1 aromatic heterocycles. The van der Waals surface area contributed by atoms with Crippen LogP contribution < -0.4 is 5.32 Å². The highest BCUT2D eigenvalue weighted by Gasteiger charge is 2.35. The van der Waals surface area contributed by atoms with E-state index < -0.39 is 0 Å². The maximum absolute atomic E-state index is 12.2. The number of rotatable bonds is 3. The fourth-order valence-corrected chi connectivity index (χ4v) is 2.77. The lowest BCUT2D eigenvalue weighted by molar-refractivity contribution is 0.0108. The third-order valence-electron chi connectivity index (χ3n) is 3.93. The number of ether oxygens (including phenoxy) is 2. The van der Waals surface area contributed by atoms with Gasteiger partial charge in [0, 0.05) is 20.1 Å². The van der Waals surface area contributed by atoms with E-state index in [1.54, 1.807) is 17.1 Å². The first-order chi connectivity index (χ1) is 9.75. The molecular formula is C13H20N4O3. The van der Waals surface area contributed by atoms with Crippen LogP contribution in [0.2, 0.25) is 0 Å². The van der Waals surface area contributed by atoms with Crippen molar-refractivity contribution in [1.29, 1.82) is 0 Å². The Hall–Kier alpha value is -1.44. The number of nitrogens with one attached hydrogen (secondary N) is 1. The number of aryl methyl sites for hydroxylation is 1. The van der Waals surface area contributed by atoms with Crippen LogP contribution in [0.25, 0.3) is 0 Å². The summed E-state index contributed by atoms with van der Waals surface area (Å²) in [6.45, 7) is 4.51. The molecule has 0 aromatic carbocycles. The molecule has 1 N–H and O–H groups in total. The quantitative estimate of drug-likeness (QED) is 0.789. The van der Waals surface area contributed by atoms with Crippen molar-refractivity contribution in [1.82, 2.24) is 19.8 Å². The van der Waals surface area contributed by atoms with Crippen LogP contribution >= 0.6 is 0 Å². The van der Waals surface area contributed by atoms with Crippen LogP contribution in [0.5, 0.6) is 0 Å². The lowest BCUT2D eigenvalue weighted by Crippen LogP contribution is -2.54. The minimum absolute atomic E-state index is 0.0236. The largest absolute Gasteiger partial charge is 0.379 e. The SMILES string of the molecule is Cn1cncc1C(=O)N[C@H]1COC[C@@H]1N1CCOCC1. The zero-order valence-electron chi connectivity index (χ0n) is 11.6. The van der Waals surface area contributed by atoms with Crippen molar-refractivity contribution in [3.05, 3.63) is 18.2 Å². The molecule has 2 fully saturated rings. The maximum atomic E-state index is 12.2. The smallest absolute Gasteiger partial charge is 0.269 e. The third kappa shape index (κ3) is 2.70. The summed E-state index contributed by atoms with van der Waals surface area (Å²) in [5.41, 5.74) is 0.567. The molecule has 20 heavy (non-hydrogen) atoms. The normalized spacial score (nSPS) is 27.6. The predicted molar refractivity (Wildman–Crippen MR) is 71.5 cm³/mol. The van der Waals surface area contributed by atoms with Gasteiger partial charge < -0.3 is 19.4 Å². The first kappa shape index (κ1) is 13.5. The molecule has 1 aromatic rings. The number of nitrogens with zero attached hydrogens (tertiary/aromatic N) is 3. The van der Waals surface area contributed by atoms with Crippen LogP contribution in [0.15, 0.2) is 12.5 Å². The highest BCUT2D eigenvalue weighted by molar-refractivity contribution is 5.92. The van der Waals surface area contributed by atoms with Crippen molar-refractivity contribution in [2.45, 2.75) is 12.1 Å². The molecule has 0 bridgehead atoms. The molecule has 2 saturated heterocycles. The minimum atomic E-state index is -0.0984. The first-order valence-electron chi connectivity index (χ1n) is 6.92. The summed E-state index contributed by atoms with van der Waals surface area (Å²) >= 11 is 0. The second-order valence-corrected chi connectivity index (χ2v) is 5.22. The van der Waals surface area contributed by atoms with Gasteiger partial charge in [-0.05, 0) is 0 Å². The second kappa shape index (κ2) is 5.90. The fourth-order valence-electron chi connectivity index (χ4n) is 2.77. The summed E-state index contributed by atoms with van der Waals surface area (Å²) in [6, 6.07) is 0.256. The molecule has 0 radical (unpaired) electrons. The van der Waals surface area contributed by atoms with Crippen LogP contribution in [-0.4, -0.2) is 72.0 Å². The van der Waals surface area contributed by atoms with Crippen LogP contribution in [0.4, 0.5) is 0 Å². The van der Waals surface area contributed by atoms with E-state index in [4.69, 9.17) is 9.47 Å². The average molecular weight is 280 g/mol. The Labute approximate surface area is 117 Å². The predicted octanol–water partition coefficient (Wildman–Crippen LogP) is -0.750. The number of hydrogen-bond acceptors (Lipinski definition) is 5. The Bertz CT molecular complexity index is 470. The lowest BCUT2D eigenvalue weighted by Gasteiger charge is -2.34. The summed E-state index contributed by atoms with van der Waals surface area (Å²) in [7, 11) is 1.81. The van der Waals surface area contributed by atoms with Crippen molar-refractivity contribution in [2.24, 2.45) is 7.05 Å². The topological polar surface area (TPSA) is 68.6 Å². The van der Waals surface area contributed by atoms with Crippen molar-refractivity contribution in [2.75, 3.05) is 39.5 Å². The van der Waals surface area contributed by atoms with Crippen molar-refractivity contribution >= 4 is 5.91 Å². The van der Waals surface area contributed by atoms with Gasteiger partial charge in [-0.25, -0.2) is 4.98 Å². The van der Waals surface area contributed by atoms with Crippen molar-refractivity contribution < 1.29 is 14.3 Å². The Morgan fingerprint density at radius 3 is 2.85 bits per heavy atom. The van der Waals surface area contributed by atoms with Gasteiger partial charge in [0.15, 0.2) is 0 Å². The number of carbonyl (C=O) groups excluding carboxylic acids is 1. The van der Waals surface area contributed by atoms with Gasteiger partial charge in [-0.3, -0.25) is 9.69 Å². The summed E-state index contributed by atoms with van der Waals surface area (Å²) in [5.74, 6) is -0.0984. The highest BCUT2D eigenvalue weighted by Crippen LogP contribution is 2.15. The van der Waals surface area contributed by atoms with E-state index in [2.05, 4.69) is 15.2 Å². The van der Waals surface area contributed by atoms with Crippen LogP contribution in [0, 0.1) is 0 Å². The number of aromatic nitrogens is 2. The minimum Gasteiger partial charge on any atom is -0.379 e. The lowest BCUT2D eigenvalue weighted by atomic mass is 10.1. The van der Waals surface area contributed by atoms with Crippen molar-refractivity contribution in [3.63, 3.8) is 0 Å². The number of morpholine rings is 1. The Morgan fingerprint density at radius 2 is 2.15 bits per heavy atom. The second-order valence-electron chi connectivity index (χ2n) is 5.22. The van der Waals surface area contributed by atoms with Gasteiger partial charge in [0.25, 0.3) is 5.91 Å². The number of imidazole rings is 1. The van der Waals surface area contributed by atoms with Crippen molar-refractivity contribution in [3.8, 4) is 0 Å². The monoisotopic (exact) mass is 280 g/mol. The molecule has 110 valence electrons. The molecule has 0 unspecified atom stereocenters. The molecule has 0 saturated carbocycles. The van der Waals surface area contributed by atoms with Crippen LogP contribution in [0.1, 0.15) is 10.5 Å². The van der Waals surface area contributed by atoms with E-state index in [0.29, 0.717) is 18.9 Å². The highest BCUT2D eigenvalue weighted by atomic mass is 16.5. The zero-order valence-corrected chi connectivity index (χ0v) is 11.6. The van der Waals surface area contributed by atoms with E-state index in [9.17, 15) is 4.79 Å². The maximum Gasteiger partial charge on any atom is 0.269 e. The molecule has 0 aliphatic carbocycles. The van der Waals surface area contributed by atoms with Crippen LogP contribution in [0.3, 0.4) is 0 Å². The van der Waals surface area contributed by atoms with Gasteiger partial charge in [0.2, 0.25) is 0 Å². The zero-order chi connectivity index (χ0) is 13.9. The van der Waals surface area contributed by atoms with Gasteiger partial charge in [0.05, 0.1) is 51.0 Å². The molecule has 7 nitrogen and oxygen atoms in total. The number of hydrogen-bond donors (Lipinski definition) is 1. The van der Waals surface area contributed by atoms with Gasteiger partial charge >= 0.3 is 0 Å². The van der Waals surface area contributed by atoms with E-state index >= 15 is 0 Å². The molecule has 3 heterocycles. The van der Waals surface area contributed by atoms with E-state index in [0.717, 1.165) is 26.3 Å². The summed E-state index contributed by atoms with van der Waals surface area (Å²) in [4.78, 5) is 18.5. The molecular weight excluding hydrogens is 260 g/mol. The van der Waals surface area contributed by atoms with E-state index in [1.165, 1.54) is 0 Å². The van der Waals surface area contributed by atoms with Crippen LogP contribution in [-0.2, 0) is 16.5 Å². The molecule has 2 atom stereocenters. The average Bonchev–Trinajstić information content (AvgIpc) is 3.08. The standard InChI is InChI=1S/C13H20N4O3/c1-16-9-14-6-11(16)13(18)15-10-7-20-8-12(10)17-2-4-19-5-3-17/h6,9-10,12H,2-5,7-8H2,1H3,(H,15,18)/t10-,12-/m0/s1. The molecule has 7 heteroatoms. The van der Waals surface area contributed by atoms with Gasteiger partial charge in [-0.2, -0.15) is 0 Å². The van der Waals surface area contributed by atoms with Gasteiger partial charge in [-0.1, -0.05) is 0 Å². The molecule has 3 rings (SSSR count). The molecule has 1 amide bonds. The molecule has 2 aliphatic heterocycles. The Balaban J connectivity index is 1.64. The summed E-state index contributed by atoms with van der Waals surface area (Å²) in [6.07, 6.45) is 3.20. The van der Waals surface area contributed by atoms with Gasteiger partial charge in [0.1, 0.15) is 5.69 Å². The summed E-state index contributed by atoms with van der Waals surface area (Å²) in [5, 5.41) is 3.06. The van der Waals surface area contributed by atoms with Gasteiger partial charge in [-0.15, -0.1) is 0 Å². The summed E-state index contributed by atoms with van der Waals surface area (Å²) < 4.78 is 12.6. The Morgan fingerprint density at radius 1 is 1.35 bits per heavy atom. The molecule has 0 spiro atoms. The number of amides is 1. The first-order valence-corrected chi connectivity index (χ1v) is 6.92. The number of carbonyl (C=O) groups is 1. The Kier molecular flexibility index (Phi) is 4.00. The fraction of sp³-hybridized carbons (Fsp3) is 0.692. The third-order valence-corrected chi connectivity index (χ3v) is 3.93. The van der Waals surface area contributed by atoms with E-state index in [-0.39, 0.29) is 18.0 Å².